The molecule has 0 spiro atoms. The smallest absolute Gasteiger partial charge is 0.160 e. The Hall–Kier alpha value is -1.53. The van der Waals surface area contributed by atoms with E-state index in [0.717, 1.165) is 56.9 Å². The summed E-state index contributed by atoms with van der Waals surface area (Å²) in [6, 6.07) is 2.31. The van der Waals surface area contributed by atoms with Gasteiger partial charge in [0.15, 0.2) is 5.65 Å². The van der Waals surface area contributed by atoms with E-state index in [1.54, 1.807) is 0 Å². The molecule has 1 saturated heterocycles. The summed E-state index contributed by atoms with van der Waals surface area (Å²) in [6.07, 6.45) is 4.57. The molecule has 0 radical (unpaired) electrons. The summed E-state index contributed by atoms with van der Waals surface area (Å²) >= 11 is 0. The van der Waals surface area contributed by atoms with E-state index in [1.165, 1.54) is 12.3 Å². The maximum atomic E-state index is 13.6. The van der Waals surface area contributed by atoms with Gasteiger partial charge < -0.3 is 9.88 Å². The van der Waals surface area contributed by atoms with Gasteiger partial charge in [-0.05, 0) is 26.7 Å². The Morgan fingerprint density at radius 3 is 2.96 bits per heavy atom. The molecule has 2 atom stereocenters. The lowest BCUT2D eigenvalue weighted by Gasteiger charge is -2.30. The predicted molar refractivity (Wildman–Crippen MR) is 94.5 cm³/mol. The van der Waals surface area contributed by atoms with Gasteiger partial charge in [-0.2, -0.15) is 0 Å². The highest BCUT2D eigenvalue weighted by molar-refractivity contribution is 5.71. The van der Waals surface area contributed by atoms with Crippen LogP contribution in [0.2, 0.25) is 0 Å². The fraction of sp³-hybridized carbons (Fsp3) is 0.667. The molecule has 0 unspecified atom stereocenters. The van der Waals surface area contributed by atoms with Crippen LogP contribution < -0.4 is 5.32 Å². The van der Waals surface area contributed by atoms with E-state index in [0.29, 0.717) is 11.6 Å². The summed E-state index contributed by atoms with van der Waals surface area (Å²) in [4.78, 5) is 11.6. The fourth-order valence-electron chi connectivity index (χ4n) is 3.66. The first-order valence-corrected chi connectivity index (χ1v) is 9.13. The van der Waals surface area contributed by atoms with E-state index in [4.69, 9.17) is 4.98 Å². The highest BCUT2D eigenvalue weighted by atomic mass is 19.1. The molecule has 2 aromatic rings. The second kappa shape index (κ2) is 7.57. The Bertz CT molecular complexity index is 683. The maximum absolute atomic E-state index is 13.6. The second-order valence-corrected chi connectivity index (χ2v) is 6.69. The van der Waals surface area contributed by atoms with Crippen molar-refractivity contribution in [1.82, 2.24) is 24.8 Å². The number of aromatic nitrogens is 3. The molecule has 6 heteroatoms. The lowest BCUT2D eigenvalue weighted by molar-refractivity contribution is 0.186. The van der Waals surface area contributed by atoms with Crippen molar-refractivity contribution in [3.63, 3.8) is 0 Å². The Balaban J connectivity index is 1.99. The highest BCUT2D eigenvalue weighted by Crippen LogP contribution is 2.29. The first-order chi connectivity index (χ1) is 11.6. The standard InChI is InChI=1S/C18H28FN5/c1-4-6-16(23-9-7-13(3)20-8-10-23)18-22-15-11-14(19)12-21-17(15)24(18)5-2/h11-13,16,20H,4-10H2,1-3H3/t13-,16+/m1/s1. The Kier molecular flexibility index (Phi) is 5.46. The van der Waals surface area contributed by atoms with Gasteiger partial charge in [0.25, 0.3) is 0 Å². The van der Waals surface area contributed by atoms with Crippen molar-refractivity contribution >= 4 is 11.2 Å². The van der Waals surface area contributed by atoms with E-state index in [-0.39, 0.29) is 11.9 Å². The van der Waals surface area contributed by atoms with Crippen molar-refractivity contribution in [3.05, 3.63) is 23.9 Å². The van der Waals surface area contributed by atoms with Gasteiger partial charge in [-0.1, -0.05) is 13.3 Å². The average molecular weight is 333 g/mol. The monoisotopic (exact) mass is 333 g/mol. The van der Waals surface area contributed by atoms with Crippen LogP contribution in [0.25, 0.3) is 11.2 Å². The number of nitrogens with zero attached hydrogens (tertiary/aromatic N) is 4. The molecular weight excluding hydrogens is 305 g/mol. The zero-order chi connectivity index (χ0) is 17.1. The summed E-state index contributed by atoms with van der Waals surface area (Å²) in [5.41, 5.74) is 1.45. The molecule has 2 aromatic heterocycles. The van der Waals surface area contributed by atoms with Gasteiger partial charge in [0.05, 0.1) is 12.2 Å². The molecule has 0 amide bonds. The summed E-state index contributed by atoms with van der Waals surface area (Å²) < 4.78 is 15.7. The minimum absolute atomic E-state index is 0.263. The number of fused-ring (bicyclic) bond motifs is 1. The second-order valence-electron chi connectivity index (χ2n) is 6.69. The summed E-state index contributed by atoms with van der Waals surface area (Å²) in [6.45, 7) is 10.4. The van der Waals surface area contributed by atoms with Crippen molar-refractivity contribution in [2.75, 3.05) is 19.6 Å². The van der Waals surface area contributed by atoms with Crippen molar-refractivity contribution in [3.8, 4) is 0 Å². The van der Waals surface area contributed by atoms with Gasteiger partial charge in [0.2, 0.25) is 0 Å². The van der Waals surface area contributed by atoms with Crippen LogP contribution in [0.3, 0.4) is 0 Å². The number of nitrogens with one attached hydrogen (secondary N) is 1. The van der Waals surface area contributed by atoms with Gasteiger partial charge in [0, 0.05) is 38.3 Å². The Labute approximate surface area is 143 Å². The summed E-state index contributed by atoms with van der Waals surface area (Å²) in [5.74, 6) is 0.705. The lowest BCUT2D eigenvalue weighted by Crippen LogP contribution is -2.34. The van der Waals surface area contributed by atoms with E-state index >= 15 is 0 Å². The van der Waals surface area contributed by atoms with Crippen LogP contribution in [0.5, 0.6) is 0 Å². The van der Waals surface area contributed by atoms with E-state index in [2.05, 4.69) is 40.5 Å². The van der Waals surface area contributed by atoms with E-state index in [1.807, 2.05) is 0 Å². The maximum Gasteiger partial charge on any atom is 0.160 e. The zero-order valence-corrected chi connectivity index (χ0v) is 14.9. The zero-order valence-electron chi connectivity index (χ0n) is 14.9. The van der Waals surface area contributed by atoms with Crippen LogP contribution in [0.4, 0.5) is 4.39 Å². The van der Waals surface area contributed by atoms with Crippen LogP contribution in [0.1, 0.15) is 51.9 Å². The van der Waals surface area contributed by atoms with Crippen molar-refractivity contribution in [2.24, 2.45) is 0 Å². The molecule has 0 aromatic carbocycles. The number of pyridine rings is 1. The van der Waals surface area contributed by atoms with Crippen molar-refractivity contribution in [1.29, 1.82) is 0 Å². The molecule has 3 heterocycles. The quantitative estimate of drug-likeness (QED) is 0.913. The van der Waals surface area contributed by atoms with Gasteiger partial charge in [-0.15, -0.1) is 0 Å². The average Bonchev–Trinajstić information content (AvgIpc) is 2.78. The Morgan fingerprint density at radius 1 is 1.38 bits per heavy atom. The van der Waals surface area contributed by atoms with Crippen LogP contribution in [0, 0.1) is 5.82 Å². The number of rotatable bonds is 5. The number of hydrogen-bond donors (Lipinski definition) is 1. The van der Waals surface area contributed by atoms with Crippen LogP contribution >= 0.6 is 0 Å². The number of halogens is 1. The molecule has 1 aliphatic heterocycles. The number of hydrogen-bond acceptors (Lipinski definition) is 4. The summed E-state index contributed by atoms with van der Waals surface area (Å²) in [7, 11) is 0. The first kappa shape index (κ1) is 17.3. The third-order valence-corrected chi connectivity index (χ3v) is 4.94. The molecule has 1 aliphatic rings. The molecule has 0 saturated carbocycles. The molecule has 1 fully saturated rings. The normalized spacial score (nSPS) is 21.1. The molecule has 132 valence electrons. The number of aryl methyl sites for hydroxylation is 1. The SMILES string of the molecule is CCC[C@@H](c1nc2cc(F)cnc2n1CC)N1CCN[C@H](C)CC1. The third-order valence-electron chi connectivity index (χ3n) is 4.94. The van der Waals surface area contributed by atoms with Gasteiger partial charge >= 0.3 is 0 Å². The molecule has 24 heavy (non-hydrogen) atoms. The Morgan fingerprint density at radius 2 is 2.21 bits per heavy atom. The molecule has 1 N–H and O–H groups in total. The molecular formula is C18H28FN5. The fourth-order valence-corrected chi connectivity index (χ4v) is 3.66. The van der Waals surface area contributed by atoms with Crippen molar-refractivity contribution < 1.29 is 4.39 Å². The molecule has 0 bridgehead atoms. The molecule has 3 rings (SSSR count). The van der Waals surface area contributed by atoms with Crippen LogP contribution in [-0.4, -0.2) is 45.1 Å². The molecule has 0 aliphatic carbocycles. The largest absolute Gasteiger partial charge is 0.313 e. The van der Waals surface area contributed by atoms with Gasteiger partial charge in [0.1, 0.15) is 17.2 Å². The van der Waals surface area contributed by atoms with Gasteiger partial charge in [-0.3, -0.25) is 4.90 Å². The van der Waals surface area contributed by atoms with E-state index in [9.17, 15) is 4.39 Å². The molecule has 5 nitrogen and oxygen atoms in total. The minimum Gasteiger partial charge on any atom is -0.313 e. The van der Waals surface area contributed by atoms with Crippen LogP contribution in [-0.2, 0) is 6.54 Å². The summed E-state index contributed by atoms with van der Waals surface area (Å²) in [5, 5.41) is 3.55. The first-order valence-electron chi connectivity index (χ1n) is 9.13. The van der Waals surface area contributed by atoms with Crippen molar-refractivity contribution in [2.45, 2.75) is 58.7 Å². The third kappa shape index (κ3) is 3.44. The van der Waals surface area contributed by atoms with Crippen LogP contribution in [0.15, 0.2) is 12.3 Å². The topological polar surface area (TPSA) is 46.0 Å². The minimum atomic E-state index is -0.324. The lowest BCUT2D eigenvalue weighted by atomic mass is 10.1. The highest BCUT2D eigenvalue weighted by Gasteiger charge is 2.27. The van der Waals surface area contributed by atoms with Gasteiger partial charge in [-0.25, -0.2) is 14.4 Å². The van der Waals surface area contributed by atoms with E-state index < -0.39 is 0 Å². The number of imidazole rings is 1. The predicted octanol–water partition coefficient (Wildman–Crippen LogP) is 3.12.